The first-order chi connectivity index (χ1) is 11.7. The summed E-state index contributed by atoms with van der Waals surface area (Å²) in [5.41, 5.74) is 18.1. The first-order valence-corrected chi connectivity index (χ1v) is 7.28. The highest BCUT2D eigenvalue weighted by atomic mass is 16.7. The number of benzene rings is 1. The monoisotopic (exact) mass is 334 g/mol. The van der Waals surface area contributed by atoms with Gasteiger partial charge in [0.15, 0.2) is 6.29 Å². The predicted molar refractivity (Wildman–Crippen MR) is 83.6 cm³/mol. The molecule has 1 aliphatic rings. The highest BCUT2D eigenvalue weighted by Crippen LogP contribution is 2.27. The van der Waals surface area contributed by atoms with Gasteiger partial charge in [0.05, 0.1) is 31.4 Å². The maximum absolute atomic E-state index is 10.5. The number of azide groups is 2. The lowest BCUT2D eigenvalue weighted by molar-refractivity contribution is -0.275. The van der Waals surface area contributed by atoms with Gasteiger partial charge in [-0.05, 0) is 16.6 Å². The summed E-state index contributed by atoms with van der Waals surface area (Å²) in [5.74, 6) is 0. The second-order valence-electron chi connectivity index (χ2n) is 5.14. The average molecular weight is 334 g/mol. The fourth-order valence-corrected chi connectivity index (χ4v) is 2.51. The van der Waals surface area contributed by atoms with E-state index >= 15 is 0 Å². The van der Waals surface area contributed by atoms with Crippen molar-refractivity contribution in [3.8, 4) is 0 Å². The zero-order valence-electron chi connectivity index (χ0n) is 13.0. The molecular formula is C14H18N6O4. The zero-order valence-corrected chi connectivity index (χ0v) is 13.0. The molecule has 24 heavy (non-hydrogen) atoms. The van der Waals surface area contributed by atoms with E-state index in [-0.39, 0.29) is 13.2 Å². The SMILES string of the molecule is CO[C@H]1O[C@H](CN=[N+]=[N-])[C@H](N=[N+]=[N-])[C@H](O)[C@H]1OCc1ccccc1. The number of aliphatic hydroxyl groups excluding tert-OH is 1. The zero-order chi connectivity index (χ0) is 17.4. The molecule has 0 amide bonds. The molecule has 0 radical (unpaired) electrons. The normalized spacial score (nSPS) is 29.3. The third-order valence-corrected chi connectivity index (χ3v) is 3.67. The third-order valence-electron chi connectivity index (χ3n) is 3.67. The molecule has 1 aliphatic heterocycles. The Hall–Kier alpha value is -2.32. The molecule has 5 atom stereocenters. The highest BCUT2D eigenvalue weighted by Gasteiger charge is 2.45. The highest BCUT2D eigenvalue weighted by molar-refractivity contribution is 5.13. The quantitative estimate of drug-likeness (QED) is 0.463. The minimum absolute atomic E-state index is 0.0947. The van der Waals surface area contributed by atoms with E-state index in [1.54, 1.807) is 0 Å². The molecule has 2 rings (SSSR count). The Morgan fingerprint density at radius 3 is 2.62 bits per heavy atom. The summed E-state index contributed by atoms with van der Waals surface area (Å²) in [6.45, 7) is 0.137. The molecule has 10 heteroatoms. The van der Waals surface area contributed by atoms with Crippen molar-refractivity contribution in [3.05, 3.63) is 56.8 Å². The molecule has 1 saturated heterocycles. The van der Waals surface area contributed by atoms with Gasteiger partial charge in [-0.15, -0.1) is 0 Å². The van der Waals surface area contributed by atoms with Crippen LogP contribution >= 0.6 is 0 Å². The van der Waals surface area contributed by atoms with Crippen LogP contribution in [0.25, 0.3) is 20.9 Å². The van der Waals surface area contributed by atoms with Crippen LogP contribution in [0.3, 0.4) is 0 Å². The molecule has 0 aromatic heterocycles. The summed E-state index contributed by atoms with van der Waals surface area (Å²) < 4.78 is 16.6. The molecule has 0 aliphatic carbocycles. The van der Waals surface area contributed by atoms with Gasteiger partial charge in [0.2, 0.25) is 0 Å². The number of hydrogen-bond acceptors (Lipinski definition) is 6. The van der Waals surface area contributed by atoms with Crippen molar-refractivity contribution in [3.63, 3.8) is 0 Å². The topological polar surface area (TPSA) is 145 Å². The van der Waals surface area contributed by atoms with Gasteiger partial charge < -0.3 is 19.3 Å². The molecule has 0 saturated carbocycles. The molecule has 0 bridgehead atoms. The van der Waals surface area contributed by atoms with Gasteiger partial charge in [-0.1, -0.05) is 40.6 Å². The lowest BCUT2D eigenvalue weighted by Gasteiger charge is -2.41. The molecule has 1 fully saturated rings. The van der Waals surface area contributed by atoms with Crippen molar-refractivity contribution in [1.82, 2.24) is 0 Å². The number of hydrogen-bond donors (Lipinski definition) is 1. The fraction of sp³-hybridized carbons (Fsp3) is 0.571. The Bertz CT molecular complexity index is 617. The van der Waals surface area contributed by atoms with Crippen LogP contribution in [0.4, 0.5) is 0 Å². The van der Waals surface area contributed by atoms with E-state index in [2.05, 4.69) is 20.1 Å². The Labute approximate surface area is 138 Å². The molecule has 0 spiro atoms. The summed E-state index contributed by atoms with van der Waals surface area (Å²) in [4.78, 5) is 5.38. The lowest BCUT2D eigenvalue weighted by atomic mass is 9.96. The summed E-state index contributed by atoms with van der Waals surface area (Å²) in [7, 11) is 1.41. The molecule has 128 valence electrons. The maximum atomic E-state index is 10.5. The van der Waals surface area contributed by atoms with Crippen molar-refractivity contribution in [1.29, 1.82) is 0 Å². The lowest BCUT2D eigenvalue weighted by Crippen LogP contribution is -2.58. The average Bonchev–Trinajstić information content (AvgIpc) is 2.62. The van der Waals surface area contributed by atoms with Gasteiger partial charge >= 0.3 is 0 Å². The van der Waals surface area contributed by atoms with E-state index in [9.17, 15) is 5.11 Å². The molecule has 10 nitrogen and oxygen atoms in total. The van der Waals surface area contributed by atoms with E-state index < -0.39 is 30.6 Å². The van der Waals surface area contributed by atoms with E-state index in [4.69, 9.17) is 25.3 Å². The largest absolute Gasteiger partial charge is 0.390 e. The van der Waals surface area contributed by atoms with Crippen LogP contribution in [-0.2, 0) is 20.8 Å². The van der Waals surface area contributed by atoms with E-state index in [1.807, 2.05) is 30.3 Å². The minimum Gasteiger partial charge on any atom is -0.390 e. The first kappa shape index (κ1) is 18.0. The molecule has 0 unspecified atom stereocenters. The van der Waals surface area contributed by atoms with E-state index in [1.165, 1.54) is 7.11 Å². The van der Waals surface area contributed by atoms with Crippen molar-refractivity contribution in [2.75, 3.05) is 13.7 Å². The fourth-order valence-electron chi connectivity index (χ4n) is 2.51. The van der Waals surface area contributed by atoms with Gasteiger partial charge in [0, 0.05) is 16.9 Å². The Kier molecular flexibility index (Phi) is 6.83. The predicted octanol–water partition coefficient (Wildman–Crippen LogP) is 2.29. The van der Waals surface area contributed by atoms with Crippen LogP contribution in [0, 0.1) is 0 Å². The van der Waals surface area contributed by atoms with Gasteiger partial charge in [0.25, 0.3) is 0 Å². The van der Waals surface area contributed by atoms with Gasteiger partial charge in [-0.2, -0.15) is 0 Å². The van der Waals surface area contributed by atoms with Gasteiger partial charge in [-0.3, -0.25) is 0 Å². The van der Waals surface area contributed by atoms with E-state index in [0.29, 0.717) is 0 Å². The molecule has 1 heterocycles. The van der Waals surface area contributed by atoms with Crippen LogP contribution in [0.15, 0.2) is 40.6 Å². The Morgan fingerprint density at radius 2 is 2.00 bits per heavy atom. The van der Waals surface area contributed by atoms with Crippen molar-refractivity contribution < 1.29 is 19.3 Å². The molecule has 1 N–H and O–H groups in total. The standard InChI is InChI=1S/C14H18N6O4/c1-22-14-13(23-8-9-5-3-2-4-6-9)12(21)11(18-20-16)10(24-14)7-17-19-15/h2-6,10-14,21H,7-8H2,1H3/t10-,11+,12+,13-,14+/m1/s1. The molecular weight excluding hydrogens is 316 g/mol. The van der Waals surface area contributed by atoms with Crippen LogP contribution < -0.4 is 0 Å². The first-order valence-electron chi connectivity index (χ1n) is 7.28. The number of nitrogens with zero attached hydrogens (tertiary/aromatic N) is 6. The van der Waals surface area contributed by atoms with Crippen LogP contribution in [0.1, 0.15) is 5.56 Å². The van der Waals surface area contributed by atoms with Crippen LogP contribution in [0.5, 0.6) is 0 Å². The number of ether oxygens (including phenoxy) is 3. The van der Waals surface area contributed by atoms with E-state index in [0.717, 1.165) is 5.56 Å². The minimum atomic E-state index is -1.16. The van der Waals surface area contributed by atoms with Gasteiger partial charge in [-0.25, -0.2) is 0 Å². The second-order valence-corrected chi connectivity index (χ2v) is 5.14. The summed E-state index contributed by atoms with van der Waals surface area (Å²) in [5, 5.41) is 17.5. The summed E-state index contributed by atoms with van der Waals surface area (Å²) in [6, 6.07) is 8.45. The third kappa shape index (κ3) is 4.36. The Balaban J connectivity index is 2.13. The molecule has 1 aromatic rings. The van der Waals surface area contributed by atoms with Crippen LogP contribution in [-0.4, -0.2) is 49.4 Å². The summed E-state index contributed by atoms with van der Waals surface area (Å²) >= 11 is 0. The van der Waals surface area contributed by atoms with Crippen molar-refractivity contribution in [2.45, 2.75) is 37.3 Å². The number of aliphatic hydroxyl groups is 1. The second kappa shape index (κ2) is 9.09. The number of rotatable bonds is 7. The Morgan fingerprint density at radius 1 is 1.25 bits per heavy atom. The van der Waals surface area contributed by atoms with Crippen LogP contribution in [0.2, 0.25) is 0 Å². The summed E-state index contributed by atoms with van der Waals surface area (Å²) in [6.07, 6.45) is -3.70. The maximum Gasteiger partial charge on any atom is 0.186 e. The van der Waals surface area contributed by atoms with Crippen molar-refractivity contribution >= 4 is 0 Å². The smallest absolute Gasteiger partial charge is 0.186 e. The van der Waals surface area contributed by atoms with Crippen molar-refractivity contribution in [2.24, 2.45) is 10.2 Å². The number of methoxy groups -OCH3 is 1. The molecule has 1 aromatic carbocycles. The van der Waals surface area contributed by atoms with Gasteiger partial charge in [0.1, 0.15) is 6.10 Å².